The van der Waals surface area contributed by atoms with Crippen molar-refractivity contribution in [2.24, 2.45) is 0 Å². The second-order valence-electron chi connectivity index (χ2n) is 5.30. The minimum Gasteiger partial charge on any atom is -0.495 e. The molecule has 0 radical (unpaired) electrons. The molecule has 1 saturated carbocycles. The molecule has 0 spiro atoms. The molecule has 0 amide bonds. The van der Waals surface area contributed by atoms with Crippen LogP contribution in [0.25, 0.3) is 0 Å². The van der Waals surface area contributed by atoms with Gasteiger partial charge >= 0.3 is 0 Å². The summed E-state index contributed by atoms with van der Waals surface area (Å²) in [6.07, 6.45) is 2.04. The molecule has 5 nitrogen and oxygen atoms in total. The molecule has 1 aliphatic rings. The molecule has 0 aliphatic heterocycles. The van der Waals surface area contributed by atoms with E-state index in [2.05, 4.69) is 16.6 Å². The summed E-state index contributed by atoms with van der Waals surface area (Å²) in [7, 11) is -2.05. The molecule has 1 aromatic rings. The molecule has 2 rings (SSSR count). The van der Waals surface area contributed by atoms with Crippen LogP contribution in [0.5, 0.6) is 5.75 Å². The normalized spacial score (nSPS) is 16.0. The van der Waals surface area contributed by atoms with Crippen LogP contribution in [0.1, 0.15) is 31.7 Å². The number of sulfonamides is 1. The van der Waals surface area contributed by atoms with Gasteiger partial charge in [0.1, 0.15) is 5.75 Å². The summed E-state index contributed by atoms with van der Waals surface area (Å²) in [6.45, 7) is 1.85. The fourth-order valence-corrected chi connectivity index (χ4v) is 3.33. The molecule has 0 unspecified atom stereocenters. The van der Waals surface area contributed by atoms with E-state index in [4.69, 9.17) is 9.84 Å². The second kappa shape index (κ2) is 6.06. The summed E-state index contributed by atoms with van der Waals surface area (Å²) < 4.78 is 32.5. The maximum absolute atomic E-state index is 12.3. The highest BCUT2D eigenvalue weighted by atomic mass is 32.2. The van der Waals surface area contributed by atoms with Gasteiger partial charge in [-0.2, -0.15) is 0 Å². The fourth-order valence-electron chi connectivity index (χ4n) is 1.84. The van der Waals surface area contributed by atoms with E-state index in [1.165, 1.54) is 19.2 Å². The van der Waals surface area contributed by atoms with E-state index in [1.54, 1.807) is 6.07 Å². The quantitative estimate of drug-likeness (QED) is 0.803. The van der Waals surface area contributed by atoms with Gasteiger partial charge in [-0.05, 0) is 38.0 Å². The first-order valence-electron chi connectivity index (χ1n) is 6.72. The Balaban J connectivity index is 2.33. The van der Waals surface area contributed by atoms with Gasteiger partial charge in [0.25, 0.3) is 0 Å². The Morgan fingerprint density at radius 1 is 1.43 bits per heavy atom. The average Bonchev–Trinajstić information content (AvgIpc) is 3.15. The van der Waals surface area contributed by atoms with Gasteiger partial charge in [0.2, 0.25) is 10.0 Å². The van der Waals surface area contributed by atoms with E-state index >= 15 is 0 Å². The molecule has 1 aromatic carbocycles. The topological polar surface area (TPSA) is 75.6 Å². The van der Waals surface area contributed by atoms with Crippen molar-refractivity contribution in [1.82, 2.24) is 4.72 Å². The van der Waals surface area contributed by atoms with E-state index < -0.39 is 10.0 Å². The molecule has 0 aromatic heterocycles. The van der Waals surface area contributed by atoms with Crippen molar-refractivity contribution >= 4 is 10.0 Å². The Bertz CT molecular complexity index is 681. The molecule has 6 heteroatoms. The van der Waals surface area contributed by atoms with Crippen LogP contribution in [0.15, 0.2) is 23.1 Å². The Kier molecular flexibility index (Phi) is 4.57. The summed E-state index contributed by atoms with van der Waals surface area (Å²) in [5, 5.41) is 8.75. The molecule has 1 fully saturated rings. The van der Waals surface area contributed by atoms with Crippen LogP contribution in [0, 0.1) is 11.8 Å². The number of ether oxygens (including phenoxy) is 1. The van der Waals surface area contributed by atoms with Crippen LogP contribution in [0.4, 0.5) is 0 Å². The summed E-state index contributed by atoms with van der Waals surface area (Å²) in [5.41, 5.74) is 0.177. The Labute approximate surface area is 125 Å². The average molecular weight is 309 g/mol. The molecule has 21 heavy (non-hydrogen) atoms. The van der Waals surface area contributed by atoms with Gasteiger partial charge in [-0.15, -0.1) is 0 Å². The van der Waals surface area contributed by atoms with E-state index in [0.29, 0.717) is 17.7 Å². The van der Waals surface area contributed by atoms with Crippen molar-refractivity contribution in [3.8, 4) is 17.6 Å². The molecule has 0 saturated heterocycles. The maximum atomic E-state index is 12.3. The third kappa shape index (κ3) is 3.97. The molecular formula is C15H19NO4S. The van der Waals surface area contributed by atoms with Gasteiger partial charge < -0.3 is 9.84 Å². The number of methoxy groups -OCH3 is 1. The number of hydrogen-bond donors (Lipinski definition) is 2. The first-order chi connectivity index (χ1) is 9.90. The minimum absolute atomic E-state index is 0.0345. The Morgan fingerprint density at radius 2 is 2.14 bits per heavy atom. The van der Waals surface area contributed by atoms with Crippen LogP contribution in [0.2, 0.25) is 0 Å². The summed E-state index contributed by atoms with van der Waals surface area (Å²) >= 11 is 0. The summed E-state index contributed by atoms with van der Waals surface area (Å²) in [5.74, 6) is 6.11. The molecule has 0 heterocycles. The zero-order valence-corrected chi connectivity index (χ0v) is 13.0. The smallest absolute Gasteiger partial charge is 0.241 e. The lowest BCUT2D eigenvalue weighted by molar-refractivity contribution is 0.305. The number of aliphatic hydroxyl groups is 1. The van der Waals surface area contributed by atoms with Gasteiger partial charge in [-0.25, -0.2) is 13.1 Å². The highest BCUT2D eigenvalue weighted by Gasteiger charge is 2.41. The standard InChI is InChI=1S/C15H19NO4S/c1-15(8-9-15)16-21(18,19)13-6-7-14(20-2)12(11-13)5-3-4-10-17/h6-7,11,16-17H,4,8-10H2,1-2H3. The molecule has 1 aliphatic carbocycles. The van der Waals surface area contributed by atoms with E-state index in [1.807, 2.05) is 6.92 Å². The molecule has 2 N–H and O–H groups in total. The van der Waals surface area contributed by atoms with Crippen molar-refractivity contribution in [2.75, 3.05) is 13.7 Å². The Morgan fingerprint density at radius 3 is 2.71 bits per heavy atom. The van der Waals surface area contributed by atoms with Gasteiger partial charge in [-0.3, -0.25) is 0 Å². The van der Waals surface area contributed by atoms with Crippen LogP contribution < -0.4 is 9.46 Å². The molecular weight excluding hydrogens is 290 g/mol. The summed E-state index contributed by atoms with van der Waals surface area (Å²) in [6, 6.07) is 4.59. The van der Waals surface area contributed by atoms with E-state index in [0.717, 1.165) is 12.8 Å². The van der Waals surface area contributed by atoms with Crippen molar-refractivity contribution in [2.45, 2.75) is 36.6 Å². The van der Waals surface area contributed by atoms with Gasteiger partial charge in [0.15, 0.2) is 0 Å². The molecule has 0 atom stereocenters. The lowest BCUT2D eigenvalue weighted by atomic mass is 10.2. The minimum atomic E-state index is -3.56. The van der Waals surface area contributed by atoms with Gasteiger partial charge in [0, 0.05) is 12.0 Å². The number of hydrogen-bond acceptors (Lipinski definition) is 4. The predicted octanol–water partition coefficient (Wildman–Crippen LogP) is 1.26. The van der Waals surface area contributed by atoms with E-state index in [-0.39, 0.29) is 17.0 Å². The number of rotatable bonds is 5. The van der Waals surface area contributed by atoms with Crippen molar-refractivity contribution < 1.29 is 18.3 Å². The van der Waals surface area contributed by atoms with Crippen molar-refractivity contribution in [3.05, 3.63) is 23.8 Å². The number of nitrogens with one attached hydrogen (secondary N) is 1. The van der Waals surface area contributed by atoms with Gasteiger partial charge in [0.05, 0.1) is 24.2 Å². The highest BCUT2D eigenvalue weighted by molar-refractivity contribution is 7.89. The van der Waals surface area contributed by atoms with Crippen molar-refractivity contribution in [3.63, 3.8) is 0 Å². The van der Waals surface area contributed by atoms with Crippen LogP contribution >= 0.6 is 0 Å². The zero-order valence-electron chi connectivity index (χ0n) is 12.1. The zero-order chi connectivity index (χ0) is 15.5. The SMILES string of the molecule is COc1ccc(S(=O)(=O)NC2(C)CC2)cc1C#CCCO. The van der Waals surface area contributed by atoms with Gasteiger partial charge in [-0.1, -0.05) is 11.8 Å². The number of aliphatic hydroxyl groups excluding tert-OH is 1. The fraction of sp³-hybridized carbons (Fsp3) is 0.467. The third-order valence-corrected chi connectivity index (χ3v) is 4.96. The Hall–Kier alpha value is -1.55. The summed E-state index contributed by atoms with van der Waals surface area (Å²) in [4.78, 5) is 0.171. The highest BCUT2D eigenvalue weighted by Crippen LogP contribution is 2.36. The lowest BCUT2D eigenvalue weighted by Gasteiger charge is -2.13. The maximum Gasteiger partial charge on any atom is 0.241 e. The van der Waals surface area contributed by atoms with Crippen LogP contribution in [-0.4, -0.2) is 32.8 Å². The third-order valence-electron chi connectivity index (χ3n) is 3.32. The lowest BCUT2D eigenvalue weighted by Crippen LogP contribution is -2.34. The van der Waals surface area contributed by atoms with Crippen molar-refractivity contribution in [1.29, 1.82) is 0 Å². The first-order valence-corrected chi connectivity index (χ1v) is 8.20. The van der Waals surface area contributed by atoms with Crippen LogP contribution in [0.3, 0.4) is 0 Å². The second-order valence-corrected chi connectivity index (χ2v) is 6.99. The van der Waals surface area contributed by atoms with E-state index in [9.17, 15) is 8.42 Å². The predicted molar refractivity (Wildman–Crippen MR) is 79.5 cm³/mol. The number of benzene rings is 1. The van der Waals surface area contributed by atoms with Crippen LogP contribution in [-0.2, 0) is 10.0 Å². The first kappa shape index (κ1) is 15.8. The molecule has 114 valence electrons. The monoisotopic (exact) mass is 309 g/mol. The largest absolute Gasteiger partial charge is 0.495 e. The molecule has 0 bridgehead atoms.